The molecule has 0 saturated heterocycles. The fourth-order valence-electron chi connectivity index (χ4n) is 2.38. The van der Waals surface area contributed by atoms with E-state index in [1.165, 1.54) is 12.1 Å². The van der Waals surface area contributed by atoms with Crippen LogP contribution in [-0.4, -0.2) is 0 Å². The van der Waals surface area contributed by atoms with Crippen LogP contribution in [0.15, 0.2) is 59.1 Å². The Labute approximate surface area is 138 Å². The lowest BCUT2D eigenvalue weighted by Crippen LogP contribution is -1.98. The Hall–Kier alpha value is -1.26. The average Bonchev–Trinajstić information content (AvgIpc) is 2.47. The summed E-state index contributed by atoms with van der Waals surface area (Å²) in [4.78, 5) is -0.337. The zero-order valence-corrected chi connectivity index (χ0v) is 14.0. The second kappa shape index (κ2) is 5.85. The van der Waals surface area contributed by atoms with Crippen LogP contribution in [0.4, 0.5) is 8.78 Å². The molecule has 0 aliphatic rings. The maximum Gasteiger partial charge on any atom is 0.130 e. The molecule has 0 aliphatic carbocycles. The maximum atomic E-state index is 14.0. The lowest BCUT2D eigenvalue weighted by atomic mass is 9.98. The van der Waals surface area contributed by atoms with Gasteiger partial charge < -0.3 is 0 Å². The lowest BCUT2D eigenvalue weighted by Gasteiger charge is -2.15. The molecule has 0 radical (unpaired) electrons. The Kier molecular flexibility index (Phi) is 4.09. The van der Waals surface area contributed by atoms with Gasteiger partial charge in [0, 0.05) is 16.1 Å². The van der Waals surface area contributed by atoms with Crippen molar-refractivity contribution in [3.8, 4) is 0 Å². The molecule has 3 aromatic rings. The Morgan fingerprint density at radius 2 is 1.48 bits per heavy atom. The zero-order valence-electron chi connectivity index (χ0n) is 10.8. The highest BCUT2D eigenvalue weighted by Crippen LogP contribution is 2.38. The Balaban J connectivity index is 2.18. The van der Waals surface area contributed by atoms with Gasteiger partial charge in [0.1, 0.15) is 11.6 Å². The van der Waals surface area contributed by atoms with E-state index in [-0.39, 0.29) is 4.83 Å². The minimum atomic E-state index is -0.573. The molecule has 0 N–H and O–H groups in total. The number of alkyl halides is 1. The molecule has 0 nitrogen and oxygen atoms in total. The monoisotopic (exact) mass is 410 g/mol. The van der Waals surface area contributed by atoms with Crippen LogP contribution >= 0.6 is 31.9 Å². The van der Waals surface area contributed by atoms with Crippen LogP contribution in [-0.2, 0) is 0 Å². The molecular weight excluding hydrogens is 402 g/mol. The molecule has 0 amide bonds. The minimum absolute atomic E-state index is 0.337. The summed E-state index contributed by atoms with van der Waals surface area (Å²) >= 11 is 7.06. The first-order valence-electron chi connectivity index (χ1n) is 6.34. The summed E-state index contributed by atoms with van der Waals surface area (Å²) in [5.41, 5.74) is 1.36. The fourth-order valence-corrected chi connectivity index (χ4v) is 3.63. The van der Waals surface area contributed by atoms with Gasteiger partial charge in [-0.25, -0.2) is 8.78 Å². The number of fused-ring (bicyclic) bond motifs is 1. The highest BCUT2D eigenvalue weighted by atomic mass is 79.9. The van der Waals surface area contributed by atoms with E-state index in [0.717, 1.165) is 26.9 Å². The Morgan fingerprint density at radius 3 is 2.19 bits per heavy atom. The second-order valence-electron chi connectivity index (χ2n) is 4.71. The molecular formula is C17H10Br2F2. The summed E-state index contributed by atoms with van der Waals surface area (Å²) in [6.07, 6.45) is 0. The van der Waals surface area contributed by atoms with Crippen LogP contribution in [0.1, 0.15) is 16.0 Å². The number of benzene rings is 3. The standard InChI is InChI=1S/C17H10Br2F2/c18-15-8-7-13(11-3-1-2-4-12(11)15)17(19)14-6-5-10(20)9-16(14)21/h1-9,17H. The molecule has 0 fully saturated rings. The first kappa shape index (κ1) is 14.7. The van der Waals surface area contributed by atoms with Crippen molar-refractivity contribution in [3.05, 3.63) is 81.8 Å². The van der Waals surface area contributed by atoms with Gasteiger partial charge in [0.15, 0.2) is 0 Å². The van der Waals surface area contributed by atoms with Gasteiger partial charge in [-0.15, -0.1) is 0 Å². The summed E-state index contributed by atoms with van der Waals surface area (Å²) in [7, 11) is 0. The number of hydrogen-bond donors (Lipinski definition) is 0. The van der Waals surface area contributed by atoms with E-state index in [1.807, 2.05) is 36.4 Å². The van der Waals surface area contributed by atoms with Gasteiger partial charge in [0.05, 0.1) is 4.83 Å². The molecule has 0 aliphatic heterocycles. The molecule has 0 aromatic heterocycles. The summed E-state index contributed by atoms with van der Waals surface area (Å²) in [5, 5.41) is 2.08. The van der Waals surface area contributed by atoms with Crippen molar-refractivity contribution in [2.24, 2.45) is 0 Å². The van der Waals surface area contributed by atoms with Gasteiger partial charge >= 0.3 is 0 Å². The third kappa shape index (κ3) is 2.74. The van der Waals surface area contributed by atoms with Crippen molar-refractivity contribution < 1.29 is 8.78 Å². The minimum Gasteiger partial charge on any atom is -0.207 e. The molecule has 0 saturated carbocycles. The Morgan fingerprint density at radius 1 is 0.810 bits per heavy atom. The highest BCUT2D eigenvalue weighted by Gasteiger charge is 2.18. The van der Waals surface area contributed by atoms with Crippen LogP contribution in [0.5, 0.6) is 0 Å². The molecule has 3 aromatic carbocycles. The molecule has 0 bridgehead atoms. The van der Waals surface area contributed by atoms with Gasteiger partial charge in [-0.3, -0.25) is 0 Å². The van der Waals surface area contributed by atoms with E-state index in [0.29, 0.717) is 5.56 Å². The van der Waals surface area contributed by atoms with Crippen molar-refractivity contribution in [1.29, 1.82) is 0 Å². The third-order valence-electron chi connectivity index (χ3n) is 3.41. The summed E-state index contributed by atoms with van der Waals surface area (Å²) < 4.78 is 28.0. The van der Waals surface area contributed by atoms with E-state index in [2.05, 4.69) is 31.9 Å². The fraction of sp³-hybridized carbons (Fsp3) is 0.0588. The van der Waals surface area contributed by atoms with Gasteiger partial charge in [-0.1, -0.05) is 68.3 Å². The van der Waals surface area contributed by atoms with Crippen molar-refractivity contribution in [2.75, 3.05) is 0 Å². The van der Waals surface area contributed by atoms with E-state index < -0.39 is 11.6 Å². The summed E-state index contributed by atoms with van der Waals surface area (Å²) in [5.74, 6) is -1.12. The molecule has 3 rings (SSSR count). The maximum absolute atomic E-state index is 14.0. The van der Waals surface area contributed by atoms with Crippen molar-refractivity contribution in [1.82, 2.24) is 0 Å². The lowest BCUT2D eigenvalue weighted by molar-refractivity contribution is 0.574. The van der Waals surface area contributed by atoms with E-state index in [9.17, 15) is 8.78 Å². The smallest absolute Gasteiger partial charge is 0.130 e. The van der Waals surface area contributed by atoms with E-state index in [1.54, 1.807) is 0 Å². The molecule has 106 valence electrons. The van der Waals surface area contributed by atoms with Crippen molar-refractivity contribution >= 4 is 42.6 Å². The summed E-state index contributed by atoms with van der Waals surface area (Å²) in [6.45, 7) is 0. The zero-order chi connectivity index (χ0) is 15.0. The molecule has 21 heavy (non-hydrogen) atoms. The van der Waals surface area contributed by atoms with Crippen LogP contribution in [0, 0.1) is 11.6 Å². The first-order valence-corrected chi connectivity index (χ1v) is 8.05. The molecule has 0 heterocycles. The number of hydrogen-bond acceptors (Lipinski definition) is 0. The van der Waals surface area contributed by atoms with Gasteiger partial charge in [0.25, 0.3) is 0 Å². The third-order valence-corrected chi connectivity index (χ3v) is 5.09. The summed E-state index contributed by atoms with van der Waals surface area (Å²) in [6, 6.07) is 15.4. The normalized spacial score (nSPS) is 12.6. The van der Waals surface area contributed by atoms with Crippen LogP contribution in [0.2, 0.25) is 0 Å². The van der Waals surface area contributed by atoms with Crippen LogP contribution < -0.4 is 0 Å². The first-order chi connectivity index (χ1) is 10.1. The molecule has 1 unspecified atom stereocenters. The van der Waals surface area contributed by atoms with Crippen molar-refractivity contribution in [2.45, 2.75) is 4.83 Å². The van der Waals surface area contributed by atoms with E-state index in [4.69, 9.17) is 0 Å². The predicted octanol–water partition coefficient (Wildman–Crippen LogP) is 6.36. The average molecular weight is 412 g/mol. The predicted molar refractivity (Wildman–Crippen MR) is 88.8 cm³/mol. The molecule has 0 spiro atoms. The second-order valence-corrected chi connectivity index (χ2v) is 6.48. The largest absolute Gasteiger partial charge is 0.207 e. The van der Waals surface area contributed by atoms with Crippen molar-refractivity contribution in [3.63, 3.8) is 0 Å². The SMILES string of the molecule is Fc1ccc(C(Br)c2ccc(Br)c3ccccc23)c(F)c1. The number of rotatable bonds is 2. The number of halogens is 4. The van der Waals surface area contributed by atoms with E-state index >= 15 is 0 Å². The van der Waals surface area contributed by atoms with Crippen LogP contribution in [0.3, 0.4) is 0 Å². The molecule has 1 atom stereocenters. The van der Waals surface area contributed by atoms with Gasteiger partial charge in [-0.2, -0.15) is 0 Å². The topological polar surface area (TPSA) is 0 Å². The van der Waals surface area contributed by atoms with Crippen LogP contribution in [0.25, 0.3) is 10.8 Å². The van der Waals surface area contributed by atoms with Gasteiger partial charge in [-0.05, 0) is 28.5 Å². The highest BCUT2D eigenvalue weighted by molar-refractivity contribution is 9.10. The Bertz CT molecular complexity index is 815. The molecule has 4 heteroatoms. The van der Waals surface area contributed by atoms with Gasteiger partial charge in [0.2, 0.25) is 0 Å². The quantitative estimate of drug-likeness (QED) is 0.430.